The van der Waals surface area contributed by atoms with E-state index in [4.69, 9.17) is 0 Å². The minimum Gasteiger partial charge on any atom is -0.355 e. The van der Waals surface area contributed by atoms with Crippen molar-refractivity contribution in [1.82, 2.24) is 15.6 Å². The van der Waals surface area contributed by atoms with Gasteiger partial charge in [-0.15, -0.1) is 0 Å². The van der Waals surface area contributed by atoms with Crippen LogP contribution in [0.15, 0.2) is 91.4 Å². The fourth-order valence-corrected chi connectivity index (χ4v) is 5.08. The van der Waals surface area contributed by atoms with Gasteiger partial charge in [0.25, 0.3) is 0 Å². The van der Waals surface area contributed by atoms with Crippen molar-refractivity contribution in [2.45, 2.75) is 64.7 Å². The van der Waals surface area contributed by atoms with E-state index >= 15 is 0 Å². The number of pyridine rings is 1. The molecule has 0 aliphatic carbocycles. The lowest BCUT2D eigenvalue weighted by Gasteiger charge is -2.05. The van der Waals surface area contributed by atoms with Gasteiger partial charge in [0.15, 0.2) is 0 Å². The fourth-order valence-electron chi connectivity index (χ4n) is 3.27. The first-order chi connectivity index (χ1) is 19.7. The summed E-state index contributed by atoms with van der Waals surface area (Å²) in [6.45, 7) is 3.46. The molecular formula is C33H47N3O2S2. The van der Waals surface area contributed by atoms with Crippen LogP contribution >= 0.6 is 21.6 Å². The summed E-state index contributed by atoms with van der Waals surface area (Å²) in [4.78, 5) is 27.9. The molecule has 0 unspecified atom stereocenters. The van der Waals surface area contributed by atoms with Gasteiger partial charge in [-0.1, -0.05) is 107 Å². The van der Waals surface area contributed by atoms with Crippen molar-refractivity contribution < 1.29 is 9.59 Å². The number of hydrogen-bond acceptors (Lipinski definition) is 5. The van der Waals surface area contributed by atoms with E-state index in [1.165, 1.54) is 0 Å². The van der Waals surface area contributed by atoms with Crippen LogP contribution in [0.2, 0.25) is 0 Å². The lowest BCUT2D eigenvalue weighted by Crippen LogP contribution is -2.25. The molecule has 0 radical (unpaired) electrons. The van der Waals surface area contributed by atoms with E-state index in [1.54, 1.807) is 34.0 Å². The second-order valence-electron chi connectivity index (χ2n) is 8.84. The van der Waals surface area contributed by atoms with Gasteiger partial charge < -0.3 is 10.6 Å². The zero-order chi connectivity index (χ0) is 28.8. The van der Waals surface area contributed by atoms with Crippen LogP contribution in [0.25, 0.3) is 6.08 Å². The summed E-state index contributed by atoms with van der Waals surface area (Å²) in [5, 5.41) is 5.90. The number of unbranched alkanes of at least 4 members (excludes halogenated alkanes) is 1. The fraction of sp³-hybridized carbons (Fsp3) is 0.424. The molecule has 2 amide bonds. The van der Waals surface area contributed by atoms with Crippen LogP contribution in [0.4, 0.5) is 0 Å². The first-order valence-electron chi connectivity index (χ1n) is 14.3. The Bertz CT molecular complexity index is 954. The summed E-state index contributed by atoms with van der Waals surface area (Å²) in [5.41, 5.74) is 0.986. The third kappa shape index (κ3) is 24.3. The van der Waals surface area contributed by atoms with Gasteiger partial charge in [-0.2, -0.15) is 0 Å². The van der Waals surface area contributed by atoms with Crippen LogP contribution in [-0.2, 0) is 9.59 Å². The molecule has 7 heteroatoms. The molecule has 1 aromatic rings. The highest BCUT2D eigenvalue weighted by Crippen LogP contribution is 2.19. The number of carbonyl (C=O) groups excluding carboxylic acids is 2. The van der Waals surface area contributed by atoms with Crippen LogP contribution < -0.4 is 10.6 Å². The second-order valence-corrected chi connectivity index (χ2v) is 11.5. The third-order valence-corrected chi connectivity index (χ3v) is 7.74. The quantitative estimate of drug-likeness (QED) is 0.0778. The maximum absolute atomic E-state index is 12.0. The van der Waals surface area contributed by atoms with Gasteiger partial charge in [0.05, 0.1) is 0 Å². The van der Waals surface area contributed by atoms with Crippen LogP contribution in [0.3, 0.4) is 0 Å². The van der Waals surface area contributed by atoms with Crippen LogP contribution in [-0.4, -0.2) is 41.4 Å². The van der Waals surface area contributed by atoms with E-state index in [-0.39, 0.29) is 11.8 Å². The van der Waals surface area contributed by atoms with Crippen LogP contribution in [0, 0.1) is 0 Å². The molecule has 5 nitrogen and oxygen atoms in total. The van der Waals surface area contributed by atoms with Gasteiger partial charge in [0.2, 0.25) is 11.8 Å². The van der Waals surface area contributed by atoms with Crippen LogP contribution in [0.1, 0.15) is 70.3 Å². The van der Waals surface area contributed by atoms with Crippen LogP contribution in [0.5, 0.6) is 0 Å². The molecule has 0 aliphatic rings. The van der Waals surface area contributed by atoms with Crippen molar-refractivity contribution >= 4 is 39.5 Å². The molecule has 0 saturated heterocycles. The Morgan fingerprint density at radius 2 is 1.35 bits per heavy atom. The molecule has 1 aromatic heterocycles. The Hall–Kier alpha value is -2.77. The number of nitrogens with one attached hydrogen (secondary N) is 2. The lowest BCUT2D eigenvalue weighted by atomic mass is 10.2. The second kappa shape index (κ2) is 27.8. The van der Waals surface area contributed by atoms with Crippen molar-refractivity contribution in [3.63, 3.8) is 0 Å². The highest BCUT2D eigenvalue weighted by Gasteiger charge is 2.00. The maximum Gasteiger partial charge on any atom is 0.223 e. The van der Waals surface area contributed by atoms with E-state index in [1.807, 2.05) is 24.3 Å². The number of carbonyl (C=O) groups is 2. The van der Waals surface area contributed by atoms with E-state index in [0.717, 1.165) is 62.0 Å². The smallest absolute Gasteiger partial charge is 0.223 e. The molecule has 0 aliphatic heterocycles. The zero-order valence-electron chi connectivity index (χ0n) is 24.0. The molecule has 2 N–H and O–H groups in total. The number of rotatable bonds is 23. The van der Waals surface area contributed by atoms with Gasteiger partial charge in [-0.05, 0) is 56.6 Å². The number of allylic oxidation sites excluding steroid dienone is 10. The Labute approximate surface area is 250 Å². The monoisotopic (exact) mass is 581 g/mol. The molecule has 0 saturated carbocycles. The SMILES string of the molecule is CCC=CCC=CCC=CCC=CCC=CCCCC(=O)NCCSSCCNC(=O)C/C=C/c1cccnc1. The van der Waals surface area contributed by atoms with Gasteiger partial charge >= 0.3 is 0 Å². The van der Waals surface area contributed by atoms with E-state index in [2.05, 4.69) is 83.3 Å². The minimum atomic E-state index is 0.0163. The lowest BCUT2D eigenvalue weighted by molar-refractivity contribution is -0.121. The predicted molar refractivity (Wildman–Crippen MR) is 177 cm³/mol. The number of hydrogen-bond donors (Lipinski definition) is 2. The summed E-state index contributed by atoms with van der Waals surface area (Å²) >= 11 is 0. The van der Waals surface area contributed by atoms with Crippen molar-refractivity contribution in [2.24, 2.45) is 0 Å². The average molecular weight is 582 g/mol. The first-order valence-corrected chi connectivity index (χ1v) is 16.8. The molecule has 1 rings (SSSR count). The third-order valence-electron chi connectivity index (χ3n) is 5.33. The van der Waals surface area contributed by atoms with Crippen molar-refractivity contribution in [1.29, 1.82) is 0 Å². The molecule has 0 atom stereocenters. The van der Waals surface area contributed by atoms with Crippen molar-refractivity contribution in [3.05, 3.63) is 96.9 Å². The first kappa shape index (κ1) is 35.3. The summed E-state index contributed by atoms with van der Waals surface area (Å²) in [6.07, 6.45) is 36.9. The highest BCUT2D eigenvalue weighted by molar-refractivity contribution is 8.76. The normalized spacial score (nSPS) is 12.2. The Kier molecular flexibility index (Phi) is 24.5. The van der Waals surface area contributed by atoms with Gasteiger partial charge in [0, 0.05) is 49.8 Å². The largest absolute Gasteiger partial charge is 0.355 e. The van der Waals surface area contributed by atoms with Gasteiger partial charge in [0.1, 0.15) is 0 Å². The van der Waals surface area contributed by atoms with E-state index in [0.29, 0.717) is 25.9 Å². The molecule has 0 spiro atoms. The Morgan fingerprint density at radius 1 is 0.775 bits per heavy atom. The Morgan fingerprint density at radius 3 is 1.93 bits per heavy atom. The van der Waals surface area contributed by atoms with Gasteiger partial charge in [-0.25, -0.2) is 0 Å². The molecule has 0 aromatic carbocycles. The molecule has 0 bridgehead atoms. The number of nitrogens with zero attached hydrogens (tertiary/aromatic N) is 1. The summed E-state index contributed by atoms with van der Waals surface area (Å²) < 4.78 is 0. The van der Waals surface area contributed by atoms with E-state index < -0.39 is 0 Å². The molecule has 40 heavy (non-hydrogen) atoms. The summed E-state index contributed by atoms with van der Waals surface area (Å²) in [5.74, 6) is 1.82. The molecule has 218 valence electrons. The van der Waals surface area contributed by atoms with E-state index in [9.17, 15) is 9.59 Å². The topological polar surface area (TPSA) is 71.1 Å². The number of aromatic nitrogens is 1. The van der Waals surface area contributed by atoms with Crippen molar-refractivity contribution in [3.8, 4) is 0 Å². The minimum absolute atomic E-state index is 0.0163. The van der Waals surface area contributed by atoms with Gasteiger partial charge in [-0.3, -0.25) is 14.6 Å². The molecule has 0 fully saturated rings. The Balaban J connectivity index is 1.87. The summed E-state index contributed by atoms with van der Waals surface area (Å²) in [6, 6.07) is 3.82. The predicted octanol–water partition coefficient (Wildman–Crippen LogP) is 8.02. The summed E-state index contributed by atoms with van der Waals surface area (Å²) in [7, 11) is 3.43. The standard InChI is InChI=1S/C33H47N3O2S2/c1-2-3-4-5-6-7-8-9-10-11-12-13-14-15-16-17-18-23-32(37)35-26-28-39-40-29-27-36-33(38)24-19-21-31-22-20-25-34-30-31/h3-4,6-7,9-10,12-13,15-16,19-22,25,30H,2,5,8,11,14,17-18,23-24,26-29H2,1H3,(H,35,37)(H,36,38)/b4-3?,7-6?,10-9?,13-12?,16-15?,21-19+. The average Bonchev–Trinajstić information content (AvgIpc) is 2.96. The maximum atomic E-state index is 12.0. The molecular weight excluding hydrogens is 535 g/mol. The number of amides is 2. The van der Waals surface area contributed by atoms with Crippen molar-refractivity contribution in [2.75, 3.05) is 24.6 Å². The highest BCUT2D eigenvalue weighted by atomic mass is 33.1. The zero-order valence-corrected chi connectivity index (χ0v) is 25.6. The molecule has 1 heterocycles.